The molecule has 170 valence electrons. The minimum Gasteiger partial charge on any atom is -0.343 e. The summed E-state index contributed by atoms with van der Waals surface area (Å²) in [5.41, 5.74) is 4.07. The molecule has 0 bridgehead atoms. The second-order valence-corrected chi connectivity index (χ2v) is 8.84. The van der Waals surface area contributed by atoms with Crippen molar-refractivity contribution in [2.45, 2.75) is 64.8 Å². The third-order valence-corrected chi connectivity index (χ3v) is 6.68. The van der Waals surface area contributed by atoms with Crippen LogP contribution in [0.2, 0.25) is 0 Å². The average molecular weight is 437 g/mol. The number of rotatable bonds is 7. The van der Waals surface area contributed by atoms with Crippen LogP contribution in [0.15, 0.2) is 30.6 Å². The highest BCUT2D eigenvalue weighted by Crippen LogP contribution is 2.24. The molecule has 7 nitrogen and oxygen atoms in total. The van der Waals surface area contributed by atoms with Crippen LogP contribution in [0.25, 0.3) is 0 Å². The number of carbonyl (C=O) groups excluding carboxylic acids is 3. The number of benzene rings is 1. The number of hydrogen-bond donors (Lipinski definition) is 1. The maximum atomic E-state index is 12.6. The lowest BCUT2D eigenvalue weighted by molar-refractivity contribution is -0.134. The first-order chi connectivity index (χ1) is 15.5. The number of piperidine rings is 1. The Morgan fingerprint density at radius 1 is 1.06 bits per heavy atom. The number of anilines is 1. The fourth-order valence-electron chi connectivity index (χ4n) is 4.67. The number of likely N-dealkylation sites (tertiary alicyclic amines) is 1. The van der Waals surface area contributed by atoms with Crippen LogP contribution in [0, 0.1) is 5.92 Å². The number of aryl methyl sites for hydroxylation is 3. The SMILES string of the molecule is CCn1cc(NC(=O)C2CCN(C(=O)CCC(=O)c3ccc4c(c3)CCCC4)CC2)cn1. The number of amides is 2. The van der Waals surface area contributed by atoms with E-state index in [1.807, 2.05) is 25.3 Å². The average Bonchev–Trinajstić information content (AvgIpc) is 3.29. The standard InChI is InChI=1S/C25H32N4O3/c1-2-29-17-22(16-26-29)27-25(32)19-11-13-28(14-12-19)24(31)10-9-23(30)21-8-7-18-5-3-4-6-20(18)15-21/h7-8,15-17,19H,2-6,9-14H2,1H3,(H,27,32). The number of fused-ring (bicyclic) bond motifs is 1. The third-order valence-electron chi connectivity index (χ3n) is 6.68. The van der Waals surface area contributed by atoms with Gasteiger partial charge in [0.25, 0.3) is 0 Å². The molecule has 4 rings (SSSR count). The third kappa shape index (κ3) is 5.26. The molecule has 0 saturated carbocycles. The van der Waals surface area contributed by atoms with Gasteiger partial charge in [0.15, 0.2) is 5.78 Å². The number of nitrogens with zero attached hydrogens (tertiary/aromatic N) is 3. The largest absolute Gasteiger partial charge is 0.343 e. The van der Waals surface area contributed by atoms with Crippen LogP contribution in [-0.2, 0) is 29.0 Å². The molecular formula is C25H32N4O3. The number of carbonyl (C=O) groups is 3. The first kappa shape index (κ1) is 22.2. The van der Waals surface area contributed by atoms with Crippen molar-refractivity contribution in [1.29, 1.82) is 0 Å². The predicted molar refractivity (Wildman–Crippen MR) is 122 cm³/mol. The Kier molecular flexibility index (Phi) is 7.02. The van der Waals surface area contributed by atoms with Gasteiger partial charge in [0, 0.05) is 50.2 Å². The maximum Gasteiger partial charge on any atom is 0.227 e. The topological polar surface area (TPSA) is 84.3 Å². The molecular weight excluding hydrogens is 404 g/mol. The number of hydrogen-bond acceptors (Lipinski definition) is 4. The molecule has 1 saturated heterocycles. The monoisotopic (exact) mass is 436 g/mol. The summed E-state index contributed by atoms with van der Waals surface area (Å²) >= 11 is 0. The van der Waals surface area contributed by atoms with Crippen molar-refractivity contribution < 1.29 is 14.4 Å². The summed E-state index contributed by atoms with van der Waals surface area (Å²) in [6.07, 6.45) is 9.74. The van der Waals surface area contributed by atoms with Gasteiger partial charge in [-0.1, -0.05) is 12.1 Å². The van der Waals surface area contributed by atoms with E-state index >= 15 is 0 Å². The molecule has 1 aliphatic heterocycles. The van der Waals surface area contributed by atoms with Gasteiger partial charge in [-0.25, -0.2) is 0 Å². The van der Waals surface area contributed by atoms with Crippen LogP contribution in [0.1, 0.15) is 66.9 Å². The smallest absolute Gasteiger partial charge is 0.227 e. The Bertz CT molecular complexity index is 989. The Balaban J connectivity index is 1.22. The highest BCUT2D eigenvalue weighted by atomic mass is 16.2. The Morgan fingerprint density at radius 3 is 2.53 bits per heavy atom. The number of Topliss-reactive ketones (excluding diaryl/α,β-unsaturated/α-hetero) is 1. The summed E-state index contributed by atoms with van der Waals surface area (Å²) in [6, 6.07) is 6.01. The van der Waals surface area contributed by atoms with E-state index in [-0.39, 0.29) is 36.4 Å². The highest BCUT2D eigenvalue weighted by Gasteiger charge is 2.27. The van der Waals surface area contributed by atoms with Crippen LogP contribution in [0.4, 0.5) is 5.69 Å². The molecule has 0 radical (unpaired) electrons. The fraction of sp³-hybridized carbons (Fsp3) is 0.520. The number of nitrogens with one attached hydrogen (secondary N) is 1. The van der Waals surface area contributed by atoms with E-state index in [0.717, 1.165) is 24.9 Å². The van der Waals surface area contributed by atoms with Gasteiger partial charge in [-0.15, -0.1) is 0 Å². The summed E-state index contributed by atoms with van der Waals surface area (Å²) in [5, 5.41) is 7.09. The van der Waals surface area contributed by atoms with Crippen molar-refractivity contribution in [3.63, 3.8) is 0 Å². The minimum absolute atomic E-state index is 0.000564. The molecule has 1 aromatic heterocycles. The zero-order valence-electron chi connectivity index (χ0n) is 18.8. The minimum atomic E-state index is -0.110. The lowest BCUT2D eigenvalue weighted by Crippen LogP contribution is -2.41. The van der Waals surface area contributed by atoms with Gasteiger partial charge >= 0.3 is 0 Å². The Morgan fingerprint density at radius 2 is 1.81 bits per heavy atom. The summed E-state index contributed by atoms with van der Waals surface area (Å²) in [4.78, 5) is 39.6. The van der Waals surface area contributed by atoms with E-state index in [0.29, 0.717) is 31.6 Å². The van der Waals surface area contributed by atoms with Crippen LogP contribution in [-0.4, -0.2) is 45.4 Å². The summed E-state index contributed by atoms with van der Waals surface area (Å²) < 4.78 is 1.77. The molecule has 2 heterocycles. The van der Waals surface area contributed by atoms with Gasteiger partial charge in [-0.05, 0) is 62.6 Å². The molecule has 0 atom stereocenters. The van der Waals surface area contributed by atoms with E-state index in [1.165, 1.54) is 24.0 Å². The van der Waals surface area contributed by atoms with Gasteiger partial charge < -0.3 is 10.2 Å². The summed E-state index contributed by atoms with van der Waals surface area (Å²) in [5.74, 6) is -0.0931. The highest BCUT2D eigenvalue weighted by molar-refractivity contribution is 5.98. The molecule has 0 spiro atoms. The van der Waals surface area contributed by atoms with Crippen molar-refractivity contribution in [2.75, 3.05) is 18.4 Å². The molecule has 1 aliphatic carbocycles. The van der Waals surface area contributed by atoms with Crippen LogP contribution in [0.5, 0.6) is 0 Å². The van der Waals surface area contributed by atoms with Crippen molar-refractivity contribution in [1.82, 2.24) is 14.7 Å². The van der Waals surface area contributed by atoms with Crippen molar-refractivity contribution in [3.05, 3.63) is 47.3 Å². The lowest BCUT2D eigenvalue weighted by atomic mass is 9.89. The molecule has 2 aliphatic rings. The Labute approximate surface area is 189 Å². The number of ketones is 1. The zero-order chi connectivity index (χ0) is 22.5. The summed E-state index contributed by atoms with van der Waals surface area (Å²) in [7, 11) is 0. The molecule has 0 unspecified atom stereocenters. The van der Waals surface area contributed by atoms with E-state index in [9.17, 15) is 14.4 Å². The first-order valence-corrected chi connectivity index (χ1v) is 11.8. The quantitative estimate of drug-likeness (QED) is 0.672. The van der Waals surface area contributed by atoms with E-state index in [4.69, 9.17) is 0 Å². The van der Waals surface area contributed by atoms with Gasteiger partial charge in [0.1, 0.15) is 0 Å². The number of aromatic nitrogens is 2. The van der Waals surface area contributed by atoms with Crippen LogP contribution < -0.4 is 5.32 Å². The molecule has 2 amide bonds. The second-order valence-electron chi connectivity index (χ2n) is 8.84. The zero-order valence-corrected chi connectivity index (χ0v) is 18.8. The molecule has 7 heteroatoms. The molecule has 1 N–H and O–H groups in total. The molecule has 1 fully saturated rings. The molecule has 32 heavy (non-hydrogen) atoms. The lowest BCUT2D eigenvalue weighted by Gasteiger charge is -2.31. The van der Waals surface area contributed by atoms with Crippen LogP contribution >= 0.6 is 0 Å². The van der Waals surface area contributed by atoms with Crippen molar-refractivity contribution in [2.24, 2.45) is 5.92 Å². The summed E-state index contributed by atoms with van der Waals surface area (Å²) in [6.45, 7) is 3.85. The normalized spacial score (nSPS) is 16.5. The van der Waals surface area contributed by atoms with Crippen LogP contribution in [0.3, 0.4) is 0 Å². The second kappa shape index (κ2) is 10.1. The first-order valence-electron chi connectivity index (χ1n) is 11.8. The fourth-order valence-corrected chi connectivity index (χ4v) is 4.67. The van der Waals surface area contributed by atoms with E-state index in [1.54, 1.807) is 15.8 Å². The maximum absolute atomic E-state index is 12.6. The van der Waals surface area contributed by atoms with E-state index in [2.05, 4.69) is 16.5 Å². The van der Waals surface area contributed by atoms with Crippen molar-refractivity contribution in [3.8, 4) is 0 Å². The molecule has 2 aromatic rings. The molecule has 1 aromatic carbocycles. The van der Waals surface area contributed by atoms with Gasteiger partial charge in [0.2, 0.25) is 11.8 Å². The van der Waals surface area contributed by atoms with Gasteiger partial charge in [-0.3, -0.25) is 19.1 Å². The van der Waals surface area contributed by atoms with E-state index < -0.39 is 0 Å². The van der Waals surface area contributed by atoms with Gasteiger partial charge in [0.05, 0.1) is 11.9 Å². The predicted octanol–water partition coefficient (Wildman–Crippen LogP) is 3.62. The van der Waals surface area contributed by atoms with Crippen molar-refractivity contribution >= 4 is 23.3 Å². The van der Waals surface area contributed by atoms with Gasteiger partial charge in [-0.2, -0.15) is 5.10 Å². The Hall–Kier alpha value is -2.96.